The summed E-state index contributed by atoms with van der Waals surface area (Å²) in [6.45, 7) is 6.64. The number of hydrogen-bond donors (Lipinski definition) is 0. The first-order chi connectivity index (χ1) is 6.49. The van der Waals surface area contributed by atoms with Crippen molar-refractivity contribution in [2.75, 3.05) is 0 Å². The Morgan fingerprint density at radius 2 is 2.21 bits per heavy atom. The van der Waals surface area contributed by atoms with Crippen LogP contribution in [-0.2, 0) is 0 Å². The van der Waals surface area contributed by atoms with Crippen LogP contribution < -0.4 is 0 Å². The topological polar surface area (TPSA) is 12.9 Å². The highest BCUT2D eigenvalue weighted by atomic mass is 32.2. The van der Waals surface area contributed by atoms with Gasteiger partial charge in [0.1, 0.15) is 5.03 Å². The summed E-state index contributed by atoms with van der Waals surface area (Å²) < 4.78 is 4.63. The molecule has 4 heteroatoms. The molecule has 0 N–H and O–H groups in total. The van der Waals surface area contributed by atoms with Gasteiger partial charge in [0, 0.05) is 10.4 Å². The summed E-state index contributed by atoms with van der Waals surface area (Å²) in [6, 6.07) is 0. The zero-order valence-electron chi connectivity index (χ0n) is 8.57. The lowest BCUT2D eigenvalue weighted by Gasteiger charge is -2.22. The van der Waals surface area contributed by atoms with Crippen LogP contribution in [0.25, 0.3) is 6.08 Å². The van der Waals surface area contributed by atoms with Crippen LogP contribution >= 0.6 is 32.5 Å². The predicted octanol–water partition coefficient (Wildman–Crippen LogP) is 3.98. The lowest BCUT2D eigenvalue weighted by molar-refractivity contribution is 0.883. The molecule has 2 heterocycles. The van der Waals surface area contributed by atoms with Crippen LogP contribution in [0.1, 0.15) is 37.1 Å². The first-order valence-corrected chi connectivity index (χ1v) is 6.83. The van der Waals surface area contributed by atoms with Gasteiger partial charge in [-0.3, -0.25) is 0 Å². The second kappa shape index (κ2) is 3.62. The number of thioether (sulfide) groups is 1. The zero-order valence-corrected chi connectivity index (χ0v) is 11.4. The minimum atomic E-state index is 0.120. The molecular weight excluding hydrogens is 229 g/mol. The van der Waals surface area contributed by atoms with Crippen molar-refractivity contribution in [3.05, 3.63) is 16.5 Å². The lowest BCUT2D eigenvalue weighted by atomic mass is 10.1. The molecule has 0 bridgehead atoms. The van der Waals surface area contributed by atoms with Crippen LogP contribution in [0.15, 0.2) is 11.1 Å². The molecule has 2 rings (SSSR count). The molecular formula is C10H14NPS2. The van der Waals surface area contributed by atoms with Crippen molar-refractivity contribution in [2.24, 2.45) is 0 Å². The molecule has 1 aliphatic heterocycles. The van der Waals surface area contributed by atoms with Gasteiger partial charge in [0.2, 0.25) is 0 Å². The third-order valence-corrected chi connectivity index (χ3v) is 5.05. The van der Waals surface area contributed by atoms with Gasteiger partial charge in [-0.05, 0) is 24.4 Å². The fourth-order valence-corrected chi connectivity index (χ4v) is 3.78. The van der Waals surface area contributed by atoms with Crippen molar-refractivity contribution in [3.8, 4) is 0 Å². The van der Waals surface area contributed by atoms with Crippen molar-refractivity contribution >= 4 is 38.6 Å². The van der Waals surface area contributed by atoms with Gasteiger partial charge in [-0.2, -0.15) is 4.37 Å². The maximum atomic E-state index is 4.51. The summed E-state index contributed by atoms with van der Waals surface area (Å²) in [5.74, 6) is 0.579. The van der Waals surface area contributed by atoms with E-state index in [1.807, 2.05) is 11.8 Å². The van der Waals surface area contributed by atoms with E-state index >= 15 is 0 Å². The van der Waals surface area contributed by atoms with Crippen molar-refractivity contribution in [2.45, 2.75) is 36.2 Å². The van der Waals surface area contributed by atoms with Crippen LogP contribution in [0, 0.1) is 0 Å². The van der Waals surface area contributed by atoms with Gasteiger partial charge in [0.05, 0.1) is 4.49 Å². The average Bonchev–Trinajstić information content (AvgIpc) is 2.44. The maximum Gasteiger partial charge on any atom is 0.119 e. The van der Waals surface area contributed by atoms with Gasteiger partial charge >= 0.3 is 0 Å². The molecule has 1 aliphatic rings. The van der Waals surface area contributed by atoms with E-state index in [1.54, 1.807) is 11.5 Å². The summed E-state index contributed by atoms with van der Waals surface area (Å²) in [7, 11) is 2.86. The number of aromatic nitrogens is 1. The molecule has 0 spiro atoms. The van der Waals surface area contributed by atoms with Gasteiger partial charge in [0.15, 0.2) is 0 Å². The van der Waals surface area contributed by atoms with Gasteiger partial charge in [0.25, 0.3) is 0 Å². The van der Waals surface area contributed by atoms with Crippen molar-refractivity contribution in [1.29, 1.82) is 0 Å². The fourth-order valence-electron chi connectivity index (χ4n) is 1.43. The number of fused-ring (bicyclic) bond motifs is 1. The molecule has 0 saturated heterocycles. The highest BCUT2D eigenvalue weighted by molar-refractivity contribution is 8.04. The Morgan fingerprint density at radius 1 is 1.50 bits per heavy atom. The Hall–Kier alpha value is 0.150. The average molecular weight is 243 g/mol. The SMILES string of the molecule is CC(C)c1snc2c1C=CC(C)(P)S2. The molecule has 14 heavy (non-hydrogen) atoms. The molecule has 0 aliphatic carbocycles. The molecule has 2 unspecified atom stereocenters. The zero-order chi connectivity index (χ0) is 10.3. The molecule has 0 fully saturated rings. The summed E-state index contributed by atoms with van der Waals surface area (Å²) in [5.41, 5.74) is 1.34. The maximum absolute atomic E-state index is 4.51. The Labute approximate surface area is 95.7 Å². The molecule has 76 valence electrons. The van der Waals surface area contributed by atoms with Gasteiger partial charge < -0.3 is 0 Å². The van der Waals surface area contributed by atoms with Gasteiger partial charge in [-0.15, -0.1) is 9.24 Å². The molecule has 0 aromatic carbocycles. The minimum Gasteiger partial charge on any atom is -0.185 e. The van der Waals surface area contributed by atoms with Crippen LogP contribution in [-0.4, -0.2) is 8.86 Å². The highest BCUT2D eigenvalue weighted by Crippen LogP contribution is 2.47. The van der Waals surface area contributed by atoms with Gasteiger partial charge in [-0.25, -0.2) is 0 Å². The monoisotopic (exact) mass is 243 g/mol. The lowest BCUT2D eigenvalue weighted by Crippen LogP contribution is -2.08. The quantitative estimate of drug-likeness (QED) is 0.692. The van der Waals surface area contributed by atoms with E-state index in [0.29, 0.717) is 5.92 Å². The fraction of sp³-hybridized carbons (Fsp3) is 0.500. The highest BCUT2D eigenvalue weighted by Gasteiger charge is 2.26. The molecule has 2 atom stereocenters. The molecule has 0 saturated carbocycles. The Bertz CT molecular complexity index is 379. The normalized spacial score (nSPS) is 25.5. The largest absolute Gasteiger partial charge is 0.185 e. The van der Waals surface area contributed by atoms with E-state index < -0.39 is 0 Å². The van der Waals surface area contributed by atoms with Crippen molar-refractivity contribution in [3.63, 3.8) is 0 Å². The second-order valence-corrected chi connectivity index (χ2v) is 7.93. The standard InChI is InChI=1S/C10H14NPS2/c1-6(2)8-7-4-5-10(3,12)13-9(7)11-14-8/h4-6H,12H2,1-3H3. The summed E-state index contributed by atoms with van der Waals surface area (Å²) in [6.07, 6.45) is 4.46. The smallest absolute Gasteiger partial charge is 0.119 e. The van der Waals surface area contributed by atoms with Crippen LogP contribution in [0.2, 0.25) is 0 Å². The number of rotatable bonds is 1. The molecule has 1 aromatic heterocycles. The van der Waals surface area contributed by atoms with Crippen molar-refractivity contribution in [1.82, 2.24) is 4.37 Å². The van der Waals surface area contributed by atoms with E-state index in [2.05, 4.69) is 46.5 Å². The molecule has 1 nitrogen and oxygen atoms in total. The Kier molecular flexibility index (Phi) is 2.76. The van der Waals surface area contributed by atoms with E-state index in [4.69, 9.17) is 0 Å². The number of hydrogen-bond acceptors (Lipinski definition) is 3. The van der Waals surface area contributed by atoms with E-state index in [-0.39, 0.29) is 4.49 Å². The summed E-state index contributed by atoms with van der Waals surface area (Å²) >= 11 is 3.47. The van der Waals surface area contributed by atoms with Crippen LogP contribution in [0.3, 0.4) is 0 Å². The van der Waals surface area contributed by atoms with E-state index in [1.165, 1.54) is 15.5 Å². The van der Waals surface area contributed by atoms with E-state index in [0.717, 1.165) is 0 Å². The molecule has 0 radical (unpaired) electrons. The van der Waals surface area contributed by atoms with Gasteiger partial charge in [-0.1, -0.05) is 37.8 Å². The molecule has 1 aromatic rings. The third kappa shape index (κ3) is 1.91. The van der Waals surface area contributed by atoms with E-state index in [9.17, 15) is 0 Å². The predicted molar refractivity (Wildman–Crippen MR) is 69.2 cm³/mol. The Morgan fingerprint density at radius 3 is 2.86 bits per heavy atom. The van der Waals surface area contributed by atoms with Crippen LogP contribution in [0.4, 0.5) is 0 Å². The Balaban J connectivity index is 2.43. The summed E-state index contributed by atoms with van der Waals surface area (Å²) in [5, 5.41) is 1.19. The minimum absolute atomic E-state index is 0.120. The summed E-state index contributed by atoms with van der Waals surface area (Å²) in [4.78, 5) is 1.41. The van der Waals surface area contributed by atoms with Crippen molar-refractivity contribution < 1.29 is 0 Å². The first-order valence-electron chi connectivity index (χ1n) is 4.66. The second-order valence-electron chi connectivity index (χ2n) is 4.04. The first kappa shape index (κ1) is 10.7. The molecule has 0 amide bonds. The number of nitrogens with zero attached hydrogens (tertiary/aromatic N) is 1. The van der Waals surface area contributed by atoms with Crippen LogP contribution in [0.5, 0.6) is 0 Å². The third-order valence-electron chi connectivity index (χ3n) is 2.14.